The molecule has 0 radical (unpaired) electrons. The Hall–Kier alpha value is -2.06. The number of urea groups is 1. The fourth-order valence-electron chi connectivity index (χ4n) is 2.82. The lowest BCUT2D eigenvalue weighted by atomic mass is 10.1. The highest BCUT2D eigenvalue weighted by Gasteiger charge is 2.49. The summed E-state index contributed by atoms with van der Waals surface area (Å²) in [5.74, 6) is -0.390. The van der Waals surface area contributed by atoms with Crippen LogP contribution in [0.1, 0.15) is 19.4 Å². The van der Waals surface area contributed by atoms with E-state index >= 15 is 0 Å². The summed E-state index contributed by atoms with van der Waals surface area (Å²) in [5, 5.41) is 3.18. The second-order valence-electron chi connectivity index (χ2n) is 6.27. The van der Waals surface area contributed by atoms with Crippen molar-refractivity contribution in [1.82, 2.24) is 15.1 Å². The third kappa shape index (κ3) is 3.43. The number of hydrogen-bond donors (Lipinski definition) is 1. The molecule has 3 atom stereocenters. The second-order valence-corrected chi connectivity index (χ2v) is 7.98. The maximum absolute atomic E-state index is 12.5. The Labute approximate surface area is 160 Å². The van der Waals surface area contributed by atoms with Gasteiger partial charge in [0.1, 0.15) is 5.78 Å². The highest BCUT2D eigenvalue weighted by Crippen LogP contribution is 2.32. The maximum atomic E-state index is 12.5. The number of hydrogen-bond acceptors (Lipinski definition) is 6. The van der Waals surface area contributed by atoms with Crippen molar-refractivity contribution in [3.05, 3.63) is 34.9 Å². The molecule has 0 saturated carbocycles. The van der Waals surface area contributed by atoms with Gasteiger partial charge in [0.25, 0.3) is 5.91 Å². The molecular weight excluding hydrogens is 376 g/mol. The number of nitrogens with one attached hydrogen (secondary N) is 1. The molecule has 26 heavy (non-hydrogen) atoms. The van der Waals surface area contributed by atoms with Crippen LogP contribution in [0.3, 0.4) is 0 Å². The quantitative estimate of drug-likeness (QED) is 0.845. The molecule has 0 spiro atoms. The van der Waals surface area contributed by atoms with Gasteiger partial charge in [-0.3, -0.25) is 14.9 Å². The van der Waals surface area contributed by atoms with E-state index < -0.39 is 24.1 Å². The van der Waals surface area contributed by atoms with Gasteiger partial charge in [-0.05, 0) is 25.5 Å². The van der Waals surface area contributed by atoms with Gasteiger partial charge in [-0.15, -0.1) is 0 Å². The average molecular weight is 395 g/mol. The van der Waals surface area contributed by atoms with Crippen LogP contribution in [0.4, 0.5) is 4.79 Å². The molecule has 3 rings (SSSR count). The lowest BCUT2D eigenvalue weighted by molar-refractivity contribution is -0.127. The molecule has 0 aromatic heterocycles. The number of halogens is 1. The van der Waals surface area contributed by atoms with Gasteiger partial charge in [0.2, 0.25) is 0 Å². The zero-order valence-corrected chi connectivity index (χ0v) is 16.2. The molecular formula is C17H19ClN4O3S. The van der Waals surface area contributed by atoms with Crippen LogP contribution < -0.4 is 5.32 Å². The summed E-state index contributed by atoms with van der Waals surface area (Å²) in [4.78, 5) is 43.9. The van der Waals surface area contributed by atoms with Gasteiger partial charge in [-0.1, -0.05) is 41.6 Å². The van der Waals surface area contributed by atoms with E-state index in [1.807, 2.05) is 23.1 Å². The summed E-state index contributed by atoms with van der Waals surface area (Å²) in [6.45, 7) is 3.66. The van der Waals surface area contributed by atoms with E-state index in [-0.39, 0.29) is 11.0 Å². The molecule has 1 aromatic carbocycles. The number of carbonyl (C=O) groups is 3. The molecule has 7 nitrogen and oxygen atoms in total. The second kappa shape index (κ2) is 7.28. The Morgan fingerprint density at radius 2 is 2.08 bits per heavy atom. The lowest BCUT2D eigenvalue weighted by Gasteiger charge is -2.36. The molecule has 2 aliphatic rings. The molecule has 138 valence electrons. The molecule has 1 fully saturated rings. The Morgan fingerprint density at radius 3 is 2.73 bits per heavy atom. The minimum absolute atomic E-state index is 0.0131. The number of amidine groups is 1. The summed E-state index contributed by atoms with van der Waals surface area (Å²) in [7, 11) is 1.60. The summed E-state index contributed by atoms with van der Waals surface area (Å²) < 4.78 is 0. The SMILES string of the molecule is CC(=O)C(C)SC1=NC2C(C(=O)NC(=O)N2C)N1Cc1ccccc1Cl. The van der Waals surface area contributed by atoms with Crippen molar-refractivity contribution in [2.75, 3.05) is 7.05 Å². The third-order valence-corrected chi connectivity index (χ3v) is 6.08. The normalized spacial score (nSPS) is 23.5. The first-order valence-electron chi connectivity index (χ1n) is 8.12. The van der Waals surface area contributed by atoms with Crippen molar-refractivity contribution in [2.24, 2.45) is 4.99 Å². The smallest absolute Gasteiger partial charge is 0.325 e. The number of nitrogens with zero attached hydrogens (tertiary/aromatic N) is 3. The van der Waals surface area contributed by atoms with Gasteiger partial charge >= 0.3 is 6.03 Å². The Morgan fingerprint density at radius 1 is 1.38 bits per heavy atom. The summed E-state index contributed by atoms with van der Waals surface area (Å²) in [5.41, 5.74) is 0.839. The van der Waals surface area contributed by atoms with Crippen LogP contribution in [0.25, 0.3) is 0 Å². The van der Waals surface area contributed by atoms with Crippen molar-refractivity contribution in [2.45, 2.75) is 37.8 Å². The van der Waals surface area contributed by atoms with E-state index in [9.17, 15) is 14.4 Å². The number of ketones is 1. The van der Waals surface area contributed by atoms with E-state index in [4.69, 9.17) is 11.6 Å². The number of Topliss-reactive ketones (excluding diaryl/α,β-unsaturated/α-hetero) is 1. The van der Waals surface area contributed by atoms with Gasteiger partial charge in [0.15, 0.2) is 17.4 Å². The number of fused-ring (bicyclic) bond motifs is 1. The number of thioether (sulfide) groups is 1. The molecule has 1 N–H and O–H groups in total. The molecule has 2 aliphatic heterocycles. The van der Waals surface area contributed by atoms with Gasteiger partial charge in [-0.2, -0.15) is 0 Å². The van der Waals surface area contributed by atoms with E-state index in [2.05, 4.69) is 10.3 Å². The van der Waals surface area contributed by atoms with E-state index in [0.29, 0.717) is 16.7 Å². The molecule has 0 aliphatic carbocycles. The topological polar surface area (TPSA) is 82.1 Å². The van der Waals surface area contributed by atoms with Crippen LogP contribution in [0, 0.1) is 0 Å². The standard InChI is InChI=1S/C17H19ClN4O3S/c1-9(23)10(2)26-17-19-14-13(15(24)20-16(25)21(14)3)22(17)8-11-6-4-5-7-12(11)18/h4-7,10,13-14H,8H2,1-3H3,(H,20,24,25). The van der Waals surface area contributed by atoms with Gasteiger partial charge in [-0.25, -0.2) is 9.79 Å². The summed E-state index contributed by atoms with van der Waals surface area (Å²) >= 11 is 7.56. The van der Waals surface area contributed by atoms with E-state index in [1.165, 1.54) is 23.6 Å². The van der Waals surface area contributed by atoms with Crippen molar-refractivity contribution >= 4 is 46.3 Å². The first kappa shape index (κ1) is 18.7. The average Bonchev–Trinajstić information content (AvgIpc) is 2.93. The molecule has 3 amide bonds. The van der Waals surface area contributed by atoms with Crippen LogP contribution in [-0.2, 0) is 16.1 Å². The first-order valence-corrected chi connectivity index (χ1v) is 9.38. The van der Waals surface area contributed by atoms with E-state index in [1.54, 1.807) is 20.0 Å². The van der Waals surface area contributed by atoms with Gasteiger partial charge < -0.3 is 9.80 Å². The zero-order valence-electron chi connectivity index (χ0n) is 14.6. The highest BCUT2D eigenvalue weighted by atomic mass is 35.5. The van der Waals surface area contributed by atoms with Crippen LogP contribution in [0.5, 0.6) is 0 Å². The number of amides is 3. The fourth-order valence-corrected chi connectivity index (χ4v) is 3.98. The Balaban J connectivity index is 1.95. The van der Waals surface area contributed by atoms with Crippen molar-refractivity contribution in [1.29, 1.82) is 0 Å². The predicted molar refractivity (Wildman–Crippen MR) is 101 cm³/mol. The Bertz CT molecular complexity index is 800. The lowest BCUT2D eigenvalue weighted by Crippen LogP contribution is -2.63. The molecule has 1 saturated heterocycles. The molecule has 3 unspecified atom stereocenters. The van der Waals surface area contributed by atoms with Crippen molar-refractivity contribution < 1.29 is 14.4 Å². The van der Waals surface area contributed by atoms with Gasteiger partial charge in [0, 0.05) is 18.6 Å². The number of aliphatic imine (C=N–C) groups is 1. The van der Waals surface area contributed by atoms with E-state index in [0.717, 1.165) is 5.56 Å². The maximum Gasteiger partial charge on any atom is 0.325 e. The van der Waals surface area contributed by atoms with Crippen LogP contribution in [0.2, 0.25) is 5.02 Å². The molecule has 1 aromatic rings. The largest absolute Gasteiger partial charge is 0.331 e. The fraction of sp³-hybridized carbons (Fsp3) is 0.412. The number of imide groups is 1. The number of carbonyl (C=O) groups excluding carboxylic acids is 3. The summed E-state index contributed by atoms with van der Waals surface area (Å²) in [6.07, 6.45) is -0.625. The first-order chi connectivity index (χ1) is 12.3. The zero-order chi connectivity index (χ0) is 19.0. The van der Waals surface area contributed by atoms with Crippen LogP contribution in [0.15, 0.2) is 29.3 Å². The third-order valence-electron chi connectivity index (χ3n) is 4.48. The number of likely N-dealkylation sites (N-methyl/N-ethyl adjacent to an activating group) is 1. The minimum Gasteiger partial charge on any atom is -0.331 e. The van der Waals surface area contributed by atoms with Crippen molar-refractivity contribution in [3.8, 4) is 0 Å². The molecule has 2 heterocycles. The number of rotatable bonds is 4. The predicted octanol–water partition coefficient (Wildman–Crippen LogP) is 2.10. The Kier molecular flexibility index (Phi) is 5.24. The van der Waals surface area contributed by atoms with Gasteiger partial charge in [0.05, 0.1) is 5.25 Å². The molecule has 0 bridgehead atoms. The summed E-state index contributed by atoms with van der Waals surface area (Å²) in [6, 6.07) is 6.22. The van der Waals surface area contributed by atoms with Crippen molar-refractivity contribution in [3.63, 3.8) is 0 Å². The van der Waals surface area contributed by atoms with Crippen LogP contribution in [-0.4, -0.2) is 57.2 Å². The highest BCUT2D eigenvalue weighted by molar-refractivity contribution is 8.14. The molecule has 9 heteroatoms. The number of benzene rings is 1. The monoisotopic (exact) mass is 394 g/mol. The van der Waals surface area contributed by atoms with Crippen LogP contribution >= 0.6 is 23.4 Å². The minimum atomic E-state index is -0.657.